The molecule has 0 radical (unpaired) electrons. The highest BCUT2D eigenvalue weighted by atomic mass is 16.5. The maximum Gasteiger partial charge on any atom is 0.340 e. The van der Waals surface area contributed by atoms with Crippen LogP contribution in [0.2, 0.25) is 0 Å². The Balaban J connectivity index is 2.11. The molecule has 1 aromatic heterocycles. The van der Waals surface area contributed by atoms with Gasteiger partial charge in [0.15, 0.2) is 0 Å². The van der Waals surface area contributed by atoms with Gasteiger partial charge in [0, 0.05) is 11.8 Å². The average molecular weight is 227 g/mol. The predicted molar refractivity (Wildman–Crippen MR) is 60.5 cm³/mol. The lowest BCUT2D eigenvalue weighted by Crippen LogP contribution is -1.95. The molecule has 0 unspecified atom stereocenters. The van der Waals surface area contributed by atoms with Gasteiger partial charge in [0.2, 0.25) is 0 Å². The van der Waals surface area contributed by atoms with E-state index in [0.717, 1.165) is 11.1 Å². The molecule has 2 heterocycles. The summed E-state index contributed by atoms with van der Waals surface area (Å²) in [5, 5.41) is 9.41. The molecule has 0 aliphatic carbocycles. The largest absolute Gasteiger partial charge is 0.508 e. The number of hydrogen-bond acceptors (Lipinski definition) is 4. The number of aromatic hydroxyl groups is 1. The Bertz CT molecular complexity index is 607. The lowest BCUT2D eigenvalue weighted by atomic mass is 10.0. The van der Waals surface area contributed by atoms with E-state index in [1.165, 1.54) is 0 Å². The van der Waals surface area contributed by atoms with Crippen LogP contribution in [0.15, 0.2) is 36.5 Å². The molecular weight excluding hydrogens is 218 g/mol. The predicted octanol–water partition coefficient (Wildman–Crippen LogP) is 2.12. The average Bonchev–Trinajstić information content (AvgIpc) is 2.71. The van der Waals surface area contributed by atoms with Crippen LogP contribution in [-0.2, 0) is 11.3 Å². The zero-order valence-corrected chi connectivity index (χ0v) is 8.88. The van der Waals surface area contributed by atoms with Crippen molar-refractivity contribution in [2.75, 3.05) is 0 Å². The first-order valence-electron chi connectivity index (χ1n) is 5.19. The summed E-state index contributed by atoms with van der Waals surface area (Å²) in [6, 6.07) is 8.56. The number of cyclic esters (lactones) is 1. The Labute approximate surface area is 97.5 Å². The molecule has 0 saturated carbocycles. The Morgan fingerprint density at radius 1 is 1.24 bits per heavy atom. The molecule has 0 saturated heterocycles. The number of aromatic nitrogens is 1. The molecule has 0 bridgehead atoms. The third-order valence-electron chi connectivity index (χ3n) is 2.71. The summed E-state index contributed by atoms with van der Waals surface area (Å²) in [7, 11) is 0. The Morgan fingerprint density at radius 3 is 2.94 bits per heavy atom. The standard InChI is InChI=1S/C13H9NO3/c15-10-3-1-2-8(4-10)9-5-11-12(14-6-9)7-17-13(11)16/h1-6,15H,7H2. The summed E-state index contributed by atoms with van der Waals surface area (Å²) in [5.41, 5.74) is 2.78. The van der Waals surface area contributed by atoms with Crippen LogP contribution in [0.1, 0.15) is 16.1 Å². The molecular formula is C13H9NO3. The summed E-state index contributed by atoms with van der Waals surface area (Å²) in [4.78, 5) is 15.6. The van der Waals surface area contributed by atoms with Crippen molar-refractivity contribution in [1.82, 2.24) is 4.98 Å². The van der Waals surface area contributed by atoms with Gasteiger partial charge in [-0.05, 0) is 23.8 Å². The van der Waals surface area contributed by atoms with E-state index in [0.29, 0.717) is 11.3 Å². The van der Waals surface area contributed by atoms with Crippen molar-refractivity contribution in [2.45, 2.75) is 6.61 Å². The van der Waals surface area contributed by atoms with E-state index in [4.69, 9.17) is 4.74 Å². The van der Waals surface area contributed by atoms with Gasteiger partial charge in [0.25, 0.3) is 0 Å². The number of rotatable bonds is 1. The number of phenols is 1. The highest BCUT2D eigenvalue weighted by Gasteiger charge is 2.22. The first-order valence-corrected chi connectivity index (χ1v) is 5.19. The molecule has 0 spiro atoms. The van der Waals surface area contributed by atoms with Gasteiger partial charge in [-0.25, -0.2) is 4.79 Å². The maximum absolute atomic E-state index is 11.4. The summed E-state index contributed by atoms with van der Waals surface area (Å²) in [6.45, 7) is 0.245. The molecule has 3 rings (SSSR count). The van der Waals surface area contributed by atoms with Crippen LogP contribution < -0.4 is 0 Å². The zero-order chi connectivity index (χ0) is 11.8. The van der Waals surface area contributed by atoms with Crippen molar-refractivity contribution >= 4 is 5.97 Å². The summed E-state index contributed by atoms with van der Waals surface area (Å²) >= 11 is 0. The minimum Gasteiger partial charge on any atom is -0.508 e. The first-order chi connectivity index (χ1) is 8.24. The number of phenolic OH excluding ortho intramolecular Hbond substituents is 1. The minimum atomic E-state index is -0.338. The van der Waals surface area contributed by atoms with Crippen molar-refractivity contribution in [2.24, 2.45) is 0 Å². The normalized spacial score (nSPS) is 13.3. The molecule has 0 fully saturated rings. The number of pyridine rings is 1. The quantitative estimate of drug-likeness (QED) is 0.758. The van der Waals surface area contributed by atoms with E-state index >= 15 is 0 Å². The van der Waals surface area contributed by atoms with Gasteiger partial charge in [0.05, 0.1) is 11.3 Å². The van der Waals surface area contributed by atoms with Gasteiger partial charge >= 0.3 is 5.97 Å². The van der Waals surface area contributed by atoms with Crippen LogP contribution in [0.4, 0.5) is 0 Å². The number of hydrogen-bond donors (Lipinski definition) is 1. The van der Waals surface area contributed by atoms with Crippen LogP contribution in [-0.4, -0.2) is 16.1 Å². The smallest absolute Gasteiger partial charge is 0.340 e. The number of fused-ring (bicyclic) bond motifs is 1. The van der Waals surface area contributed by atoms with E-state index in [1.54, 1.807) is 30.5 Å². The van der Waals surface area contributed by atoms with E-state index in [-0.39, 0.29) is 18.3 Å². The van der Waals surface area contributed by atoms with Crippen molar-refractivity contribution in [1.29, 1.82) is 0 Å². The van der Waals surface area contributed by atoms with E-state index in [2.05, 4.69) is 4.98 Å². The van der Waals surface area contributed by atoms with Gasteiger partial charge < -0.3 is 9.84 Å². The second kappa shape index (κ2) is 3.59. The summed E-state index contributed by atoms with van der Waals surface area (Å²) < 4.78 is 4.89. The Kier molecular flexibility index (Phi) is 2.08. The van der Waals surface area contributed by atoms with Crippen LogP contribution >= 0.6 is 0 Å². The highest BCUT2D eigenvalue weighted by Crippen LogP contribution is 2.26. The van der Waals surface area contributed by atoms with E-state index in [1.807, 2.05) is 6.07 Å². The maximum atomic E-state index is 11.4. The van der Waals surface area contributed by atoms with E-state index < -0.39 is 0 Å². The molecule has 1 aromatic carbocycles. The van der Waals surface area contributed by atoms with Crippen molar-refractivity contribution < 1.29 is 14.6 Å². The fourth-order valence-electron chi connectivity index (χ4n) is 1.84. The molecule has 1 N–H and O–H groups in total. The molecule has 0 atom stereocenters. The van der Waals surface area contributed by atoms with Crippen molar-refractivity contribution in [3.63, 3.8) is 0 Å². The number of carbonyl (C=O) groups is 1. The molecule has 1 aliphatic rings. The van der Waals surface area contributed by atoms with Gasteiger partial charge in [0.1, 0.15) is 12.4 Å². The number of benzene rings is 1. The number of nitrogens with zero attached hydrogens (tertiary/aromatic N) is 1. The molecule has 4 heteroatoms. The Morgan fingerprint density at radius 2 is 2.12 bits per heavy atom. The molecule has 0 amide bonds. The van der Waals surface area contributed by atoms with Gasteiger partial charge in [-0.15, -0.1) is 0 Å². The molecule has 84 valence electrons. The summed E-state index contributed by atoms with van der Waals surface area (Å²) in [6.07, 6.45) is 1.68. The Hall–Kier alpha value is -2.36. The molecule has 4 nitrogen and oxygen atoms in total. The zero-order valence-electron chi connectivity index (χ0n) is 8.88. The fourth-order valence-corrected chi connectivity index (χ4v) is 1.84. The number of esters is 1. The second-order valence-electron chi connectivity index (χ2n) is 3.84. The fraction of sp³-hybridized carbons (Fsp3) is 0.0769. The number of ether oxygens (including phenoxy) is 1. The van der Waals surface area contributed by atoms with E-state index in [9.17, 15) is 9.90 Å². The first kappa shape index (κ1) is 9.84. The molecule has 2 aromatic rings. The van der Waals surface area contributed by atoms with Crippen LogP contribution in [0.5, 0.6) is 5.75 Å². The number of carbonyl (C=O) groups excluding carboxylic acids is 1. The van der Waals surface area contributed by atoms with Crippen LogP contribution in [0, 0.1) is 0 Å². The summed E-state index contributed by atoms with van der Waals surface area (Å²) in [5.74, 6) is -0.153. The van der Waals surface area contributed by atoms with Crippen LogP contribution in [0.3, 0.4) is 0 Å². The third kappa shape index (κ3) is 1.63. The van der Waals surface area contributed by atoms with Crippen molar-refractivity contribution in [3.8, 4) is 16.9 Å². The highest BCUT2D eigenvalue weighted by molar-refractivity contribution is 5.94. The van der Waals surface area contributed by atoms with Crippen LogP contribution in [0.25, 0.3) is 11.1 Å². The minimum absolute atomic E-state index is 0.186. The van der Waals surface area contributed by atoms with Crippen molar-refractivity contribution in [3.05, 3.63) is 47.8 Å². The monoisotopic (exact) mass is 227 g/mol. The third-order valence-corrected chi connectivity index (χ3v) is 2.71. The second-order valence-corrected chi connectivity index (χ2v) is 3.84. The lowest BCUT2D eigenvalue weighted by Gasteiger charge is -2.03. The topological polar surface area (TPSA) is 59.4 Å². The van der Waals surface area contributed by atoms with Gasteiger partial charge in [-0.1, -0.05) is 12.1 Å². The molecule has 1 aliphatic heterocycles. The molecule has 17 heavy (non-hydrogen) atoms. The van der Waals surface area contributed by atoms with Gasteiger partial charge in [-0.3, -0.25) is 4.98 Å². The lowest BCUT2D eigenvalue weighted by molar-refractivity contribution is 0.0533. The van der Waals surface area contributed by atoms with Gasteiger partial charge in [-0.2, -0.15) is 0 Å². The SMILES string of the molecule is O=C1OCc2ncc(-c3cccc(O)c3)cc21.